The lowest BCUT2D eigenvalue weighted by Gasteiger charge is -2.14. The van der Waals surface area contributed by atoms with Crippen molar-refractivity contribution in [1.82, 2.24) is 0 Å². The van der Waals surface area contributed by atoms with E-state index in [9.17, 15) is 19.8 Å². The van der Waals surface area contributed by atoms with Crippen molar-refractivity contribution in [2.24, 2.45) is 0 Å². The first-order valence-corrected chi connectivity index (χ1v) is 5.60. The summed E-state index contributed by atoms with van der Waals surface area (Å²) in [6.45, 7) is 0. The second-order valence-electron chi connectivity index (χ2n) is 6.61. The topological polar surface area (TPSA) is 80.3 Å². The number of hydrogen-bond donors (Lipinski definition) is 0. The maximum Gasteiger partial charge on any atom is 0.0675 e. The highest BCUT2D eigenvalue weighted by Gasteiger charge is 1.88. The SMILES string of the molecule is C[N+](C)(C)C.C[N+](C)(C)C.O=C([O-])CCC(=O)[O-]. The van der Waals surface area contributed by atoms with E-state index in [1.54, 1.807) is 0 Å². The van der Waals surface area contributed by atoms with Gasteiger partial charge in [0, 0.05) is 11.9 Å². The lowest BCUT2D eigenvalue weighted by molar-refractivity contribution is -0.849. The van der Waals surface area contributed by atoms with E-state index in [2.05, 4.69) is 56.4 Å². The van der Waals surface area contributed by atoms with Gasteiger partial charge >= 0.3 is 0 Å². The first-order chi connectivity index (χ1) is 7.63. The second-order valence-corrected chi connectivity index (χ2v) is 6.61. The molecule has 0 radical (unpaired) electrons. The van der Waals surface area contributed by atoms with E-state index in [0.29, 0.717) is 0 Å². The van der Waals surface area contributed by atoms with Gasteiger partial charge in [0.2, 0.25) is 0 Å². The fraction of sp³-hybridized carbons (Fsp3) is 0.833. The van der Waals surface area contributed by atoms with Crippen molar-refractivity contribution in [1.29, 1.82) is 0 Å². The van der Waals surface area contributed by atoms with Gasteiger partial charge in [-0.05, 0) is 12.8 Å². The lowest BCUT2D eigenvalue weighted by atomic mass is 10.3. The zero-order valence-corrected chi connectivity index (χ0v) is 12.9. The predicted molar refractivity (Wildman–Crippen MR) is 67.2 cm³/mol. The lowest BCUT2D eigenvalue weighted by Crippen LogP contribution is -2.27. The van der Waals surface area contributed by atoms with Crippen LogP contribution in [0.25, 0.3) is 0 Å². The van der Waals surface area contributed by atoms with Gasteiger partial charge in [-0.15, -0.1) is 0 Å². The van der Waals surface area contributed by atoms with Crippen molar-refractivity contribution in [3.05, 3.63) is 0 Å². The standard InChI is InChI=1S/2C4H12N.C4H6O4/c2*1-5(2,3)4;5-3(6)1-2-4(7)8/h2*1-4H3;1-2H2,(H,5,6)(H,7,8)/q2*+1;/p-2. The molecule has 18 heavy (non-hydrogen) atoms. The Bertz CT molecular complexity index is 201. The Labute approximate surface area is 111 Å². The molecule has 0 aromatic carbocycles. The molecule has 110 valence electrons. The second kappa shape index (κ2) is 9.85. The van der Waals surface area contributed by atoms with E-state index >= 15 is 0 Å². The summed E-state index contributed by atoms with van der Waals surface area (Å²) in [5.74, 6) is -2.73. The molecule has 0 amide bonds. The number of carboxylic acids is 2. The van der Waals surface area contributed by atoms with E-state index in [4.69, 9.17) is 0 Å². The molecule has 0 fully saturated rings. The average Bonchev–Trinajstić information content (AvgIpc) is 1.93. The van der Waals surface area contributed by atoms with Crippen molar-refractivity contribution in [2.45, 2.75) is 12.8 Å². The zero-order valence-electron chi connectivity index (χ0n) is 12.9. The van der Waals surface area contributed by atoms with E-state index in [-0.39, 0.29) is 0 Å². The summed E-state index contributed by atoms with van der Waals surface area (Å²) in [5.41, 5.74) is 0. The van der Waals surface area contributed by atoms with Crippen LogP contribution >= 0.6 is 0 Å². The summed E-state index contributed by atoms with van der Waals surface area (Å²) < 4.78 is 2.00. The minimum absolute atomic E-state index is 0.470. The number of carbonyl (C=O) groups is 2. The summed E-state index contributed by atoms with van der Waals surface area (Å²) in [5, 5.41) is 19.0. The monoisotopic (exact) mass is 264 g/mol. The molecule has 0 aromatic rings. The number of quaternary nitrogens is 2. The maximum atomic E-state index is 9.50. The van der Waals surface area contributed by atoms with Gasteiger partial charge in [-0.1, -0.05) is 0 Å². The molecular formula is C12H28N2O4. The number of aliphatic carboxylic acids is 2. The van der Waals surface area contributed by atoms with Gasteiger partial charge in [0.15, 0.2) is 0 Å². The molecule has 0 unspecified atom stereocenters. The quantitative estimate of drug-likeness (QED) is 0.548. The zero-order chi connectivity index (χ0) is 15.6. The molecular weight excluding hydrogens is 236 g/mol. The molecule has 0 N–H and O–H groups in total. The smallest absolute Gasteiger partial charge is 0.0675 e. The van der Waals surface area contributed by atoms with Crippen molar-refractivity contribution >= 4 is 11.9 Å². The first-order valence-electron chi connectivity index (χ1n) is 5.60. The maximum absolute atomic E-state index is 9.50. The van der Waals surface area contributed by atoms with Crippen LogP contribution in [0, 0.1) is 0 Å². The van der Waals surface area contributed by atoms with Gasteiger partial charge in [-0.3, -0.25) is 0 Å². The summed E-state index contributed by atoms with van der Waals surface area (Å²) >= 11 is 0. The predicted octanol–water partition coefficient (Wildman–Crippen LogP) is -2.09. The summed E-state index contributed by atoms with van der Waals surface area (Å²) in [6.07, 6.45) is -0.940. The van der Waals surface area contributed by atoms with E-state index in [0.717, 1.165) is 8.97 Å². The van der Waals surface area contributed by atoms with Crippen molar-refractivity contribution in [3.8, 4) is 0 Å². The highest BCUT2D eigenvalue weighted by Crippen LogP contribution is 1.81. The molecule has 0 heterocycles. The Kier molecular flexibility index (Phi) is 12.1. The normalized spacial score (nSPS) is 10.4. The fourth-order valence-electron chi connectivity index (χ4n) is 0.204. The van der Waals surface area contributed by atoms with Crippen molar-refractivity contribution < 1.29 is 28.8 Å². The Morgan fingerprint density at radius 2 is 0.778 bits per heavy atom. The van der Waals surface area contributed by atoms with Gasteiger partial charge in [-0.2, -0.15) is 0 Å². The van der Waals surface area contributed by atoms with Gasteiger partial charge in [0.05, 0.1) is 56.4 Å². The third-order valence-electron chi connectivity index (χ3n) is 0.533. The molecule has 0 atom stereocenters. The number of rotatable bonds is 3. The Morgan fingerprint density at radius 3 is 0.833 bits per heavy atom. The molecule has 6 heteroatoms. The molecule has 0 aromatic heterocycles. The molecule has 0 saturated heterocycles. The molecule has 0 aliphatic rings. The van der Waals surface area contributed by atoms with Gasteiger partial charge in [-0.25, -0.2) is 0 Å². The highest BCUT2D eigenvalue weighted by molar-refractivity contribution is 5.72. The van der Waals surface area contributed by atoms with Crippen LogP contribution in [-0.2, 0) is 9.59 Å². The molecule has 0 bridgehead atoms. The molecule has 0 saturated carbocycles. The Morgan fingerprint density at radius 1 is 0.667 bits per heavy atom. The summed E-state index contributed by atoms with van der Waals surface area (Å²) in [7, 11) is 17.0. The van der Waals surface area contributed by atoms with Gasteiger partial charge in [0.1, 0.15) is 0 Å². The molecule has 6 nitrogen and oxygen atoms in total. The van der Waals surface area contributed by atoms with Crippen LogP contribution in [0.1, 0.15) is 12.8 Å². The number of hydrogen-bond acceptors (Lipinski definition) is 4. The molecule has 0 aliphatic carbocycles. The fourth-order valence-corrected chi connectivity index (χ4v) is 0.204. The van der Waals surface area contributed by atoms with E-state index in [1.807, 2.05) is 0 Å². The van der Waals surface area contributed by atoms with Gasteiger partial charge < -0.3 is 28.8 Å². The van der Waals surface area contributed by atoms with Crippen LogP contribution in [0.3, 0.4) is 0 Å². The van der Waals surface area contributed by atoms with Crippen molar-refractivity contribution in [3.63, 3.8) is 0 Å². The number of carboxylic acid groups (broad SMARTS) is 2. The van der Waals surface area contributed by atoms with Crippen LogP contribution in [0.2, 0.25) is 0 Å². The summed E-state index contributed by atoms with van der Waals surface area (Å²) in [4.78, 5) is 19.0. The van der Waals surface area contributed by atoms with E-state index in [1.165, 1.54) is 0 Å². The molecule has 0 rings (SSSR count). The van der Waals surface area contributed by atoms with Crippen LogP contribution < -0.4 is 10.2 Å². The Hall–Kier alpha value is -1.14. The van der Waals surface area contributed by atoms with Gasteiger partial charge in [0.25, 0.3) is 0 Å². The minimum atomic E-state index is -1.37. The molecule has 0 aliphatic heterocycles. The number of carbonyl (C=O) groups excluding carboxylic acids is 2. The molecule has 0 spiro atoms. The third-order valence-corrected chi connectivity index (χ3v) is 0.533. The number of nitrogens with zero attached hydrogens (tertiary/aromatic N) is 2. The third kappa shape index (κ3) is 192. The average molecular weight is 264 g/mol. The van der Waals surface area contributed by atoms with Crippen LogP contribution in [0.4, 0.5) is 0 Å². The van der Waals surface area contributed by atoms with Crippen LogP contribution in [0.5, 0.6) is 0 Å². The largest absolute Gasteiger partial charge is 0.550 e. The minimum Gasteiger partial charge on any atom is -0.550 e. The van der Waals surface area contributed by atoms with Crippen molar-refractivity contribution in [2.75, 3.05) is 56.4 Å². The Balaban J connectivity index is -0.000000197. The van der Waals surface area contributed by atoms with E-state index < -0.39 is 24.8 Å². The highest BCUT2D eigenvalue weighted by atomic mass is 16.4. The first kappa shape index (κ1) is 22.1. The summed E-state index contributed by atoms with van der Waals surface area (Å²) in [6, 6.07) is 0. The van der Waals surface area contributed by atoms with Crippen LogP contribution in [-0.4, -0.2) is 77.3 Å². The van der Waals surface area contributed by atoms with Crippen LogP contribution in [0.15, 0.2) is 0 Å².